The Labute approximate surface area is 191 Å². The number of anilines is 1. The lowest BCUT2D eigenvalue weighted by atomic mass is 9.94. The van der Waals surface area contributed by atoms with Crippen LogP contribution in [0.1, 0.15) is 22.7 Å². The smallest absolute Gasteiger partial charge is 0.300 e. The Morgan fingerprint density at radius 1 is 0.939 bits per heavy atom. The van der Waals surface area contributed by atoms with E-state index in [0.717, 1.165) is 29.2 Å². The van der Waals surface area contributed by atoms with E-state index >= 15 is 0 Å². The number of phenolic OH excluding ortho intramolecular Hbond substituents is 1. The minimum absolute atomic E-state index is 0.0760. The molecule has 0 bridgehead atoms. The molecule has 1 aliphatic rings. The third-order valence-corrected chi connectivity index (χ3v) is 5.65. The number of ketones is 1. The molecule has 1 saturated heterocycles. The van der Waals surface area contributed by atoms with Crippen LogP contribution >= 0.6 is 11.6 Å². The molecule has 4 rings (SSSR count). The molecule has 9 heteroatoms. The average Bonchev–Trinajstić information content (AvgIpc) is 3.04. The number of aryl methyl sites for hydroxylation is 1. The number of rotatable bonds is 3. The molecular formula is C24H15ClF3NO4. The lowest BCUT2D eigenvalue weighted by Gasteiger charge is -2.25. The second-order valence-corrected chi connectivity index (χ2v) is 7.85. The highest BCUT2D eigenvalue weighted by molar-refractivity contribution is 6.51. The Kier molecular flexibility index (Phi) is 5.63. The van der Waals surface area contributed by atoms with Crippen molar-refractivity contribution >= 4 is 34.7 Å². The second kappa shape index (κ2) is 8.29. The highest BCUT2D eigenvalue weighted by atomic mass is 35.5. The van der Waals surface area contributed by atoms with Crippen molar-refractivity contribution in [2.45, 2.75) is 13.0 Å². The first kappa shape index (κ1) is 22.4. The van der Waals surface area contributed by atoms with Crippen LogP contribution in [0.25, 0.3) is 5.76 Å². The van der Waals surface area contributed by atoms with Gasteiger partial charge in [0.05, 0.1) is 16.6 Å². The van der Waals surface area contributed by atoms with Gasteiger partial charge in [0.2, 0.25) is 0 Å². The molecule has 1 amide bonds. The van der Waals surface area contributed by atoms with Gasteiger partial charge in [0, 0.05) is 17.3 Å². The first-order chi connectivity index (χ1) is 15.6. The maximum absolute atomic E-state index is 14.0. The van der Waals surface area contributed by atoms with Crippen LogP contribution in [0.2, 0.25) is 5.02 Å². The third kappa shape index (κ3) is 3.82. The summed E-state index contributed by atoms with van der Waals surface area (Å²) in [5.41, 5.74) is -0.0238. The Balaban J connectivity index is 1.98. The van der Waals surface area contributed by atoms with Crippen LogP contribution in [0.5, 0.6) is 5.75 Å². The van der Waals surface area contributed by atoms with Crippen molar-refractivity contribution in [3.05, 3.63) is 99.3 Å². The molecule has 1 fully saturated rings. The maximum atomic E-state index is 14.0. The van der Waals surface area contributed by atoms with E-state index in [0.29, 0.717) is 0 Å². The Bertz CT molecular complexity index is 1360. The Morgan fingerprint density at radius 3 is 2.27 bits per heavy atom. The molecule has 0 saturated carbocycles. The molecule has 5 nitrogen and oxygen atoms in total. The molecular weight excluding hydrogens is 459 g/mol. The first-order valence-electron chi connectivity index (χ1n) is 9.61. The average molecular weight is 474 g/mol. The van der Waals surface area contributed by atoms with Gasteiger partial charge in [-0.25, -0.2) is 13.2 Å². The molecule has 0 aromatic heterocycles. The predicted molar refractivity (Wildman–Crippen MR) is 115 cm³/mol. The van der Waals surface area contributed by atoms with E-state index in [1.165, 1.54) is 37.3 Å². The van der Waals surface area contributed by atoms with E-state index in [2.05, 4.69) is 0 Å². The van der Waals surface area contributed by atoms with Crippen molar-refractivity contribution in [1.29, 1.82) is 0 Å². The molecule has 33 heavy (non-hydrogen) atoms. The topological polar surface area (TPSA) is 77.8 Å². The molecule has 1 atom stereocenters. The van der Waals surface area contributed by atoms with Crippen LogP contribution in [0, 0.1) is 24.4 Å². The lowest BCUT2D eigenvalue weighted by Crippen LogP contribution is -2.29. The van der Waals surface area contributed by atoms with Gasteiger partial charge in [0.25, 0.3) is 11.7 Å². The summed E-state index contributed by atoms with van der Waals surface area (Å²) in [6.07, 6.45) is 0. The van der Waals surface area contributed by atoms with Gasteiger partial charge >= 0.3 is 0 Å². The summed E-state index contributed by atoms with van der Waals surface area (Å²) in [5, 5.41) is 20.7. The molecule has 1 aliphatic heterocycles. The minimum Gasteiger partial charge on any atom is -0.507 e. The first-order valence-corrected chi connectivity index (χ1v) is 9.99. The van der Waals surface area contributed by atoms with Crippen molar-refractivity contribution in [2.24, 2.45) is 0 Å². The van der Waals surface area contributed by atoms with Gasteiger partial charge in [-0.2, -0.15) is 0 Å². The molecule has 1 unspecified atom stereocenters. The molecule has 2 N–H and O–H groups in total. The standard InChI is InChI=1S/C24H15ClF3NO4/c1-11-8-13(2-5-16(11)26)22(31)20-21(12-3-7-19(30)15(25)9-12)29(24(33)23(20)32)14-4-6-17(27)18(28)10-14/h2-10,21,30-31H,1H3/b22-20+. The van der Waals surface area contributed by atoms with Gasteiger partial charge in [-0.15, -0.1) is 0 Å². The Hall–Kier alpha value is -3.78. The highest BCUT2D eigenvalue weighted by Gasteiger charge is 2.47. The van der Waals surface area contributed by atoms with Crippen LogP contribution in [0.3, 0.4) is 0 Å². The largest absolute Gasteiger partial charge is 0.507 e. The molecule has 3 aromatic rings. The zero-order chi connectivity index (χ0) is 24.0. The quantitative estimate of drug-likeness (QED) is 0.303. The number of aliphatic hydroxyl groups is 1. The van der Waals surface area contributed by atoms with E-state index in [-0.39, 0.29) is 38.7 Å². The molecule has 0 radical (unpaired) electrons. The fourth-order valence-corrected chi connectivity index (χ4v) is 3.88. The second-order valence-electron chi connectivity index (χ2n) is 7.44. The van der Waals surface area contributed by atoms with Crippen molar-refractivity contribution in [2.75, 3.05) is 4.90 Å². The fraction of sp³-hybridized carbons (Fsp3) is 0.0833. The number of Topliss-reactive ketones (excluding diaryl/α,β-unsaturated/α-hetero) is 1. The van der Waals surface area contributed by atoms with Crippen LogP contribution in [0.15, 0.2) is 60.2 Å². The number of nitrogens with zero attached hydrogens (tertiary/aromatic N) is 1. The monoisotopic (exact) mass is 473 g/mol. The van der Waals surface area contributed by atoms with Crippen LogP contribution in [-0.4, -0.2) is 21.9 Å². The van der Waals surface area contributed by atoms with Gasteiger partial charge in [-0.05, 0) is 60.5 Å². The molecule has 1 heterocycles. The van der Waals surface area contributed by atoms with E-state index in [9.17, 15) is 33.0 Å². The number of aromatic hydroxyl groups is 1. The molecule has 0 aliphatic carbocycles. The number of aliphatic hydroxyl groups excluding tert-OH is 1. The number of hydrogen-bond donors (Lipinski definition) is 2. The highest BCUT2D eigenvalue weighted by Crippen LogP contribution is 2.43. The van der Waals surface area contributed by atoms with E-state index in [1.807, 2.05) is 0 Å². The summed E-state index contributed by atoms with van der Waals surface area (Å²) >= 11 is 6.02. The van der Waals surface area contributed by atoms with Crippen LogP contribution < -0.4 is 4.90 Å². The van der Waals surface area contributed by atoms with Crippen LogP contribution in [-0.2, 0) is 9.59 Å². The lowest BCUT2D eigenvalue weighted by molar-refractivity contribution is -0.132. The number of benzene rings is 3. The zero-order valence-corrected chi connectivity index (χ0v) is 17.7. The summed E-state index contributed by atoms with van der Waals surface area (Å²) in [4.78, 5) is 26.9. The number of amides is 1. The number of phenols is 1. The fourth-order valence-electron chi connectivity index (χ4n) is 3.69. The van der Waals surface area contributed by atoms with Crippen molar-refractivity contribution in [3.63, 3.8) is 0 Å². The number of hydrogen-bond acceptors (Lipinski definition) is 4. The van der Waals surface area contributed by atoms with Gasteiger partial charge in [-0.1, -0.05) is 17.7 Å². The maximum Gasteiger partial charge on any atom is 0.300 e. The zero-order valence-electron chi connectivity index (χ0n) is 16.9. The van der Waals surface area contributed by atoms with Crippen LogP contribution in [0.4, 0.5) is 18.9 Å². The molecule has 168 valence electrons. The van der Waals surface area contributed by atoms with Gasteiger partial charge in [-0.3, -0.25) is 14.5 Å². The normalized spacial score (nSPS) is 17.6. The summed E-state index contributed by atoms with van der Waals surface area (Å²) in [6, 6.07) is 8.88. The van der Waals surface area contributed by atoms with Gasteiger partial charge in [0.1, 0.15) is 17.3 Å². The minimum atomic E-state index is -1.29. The third-order valence-electron chi connectivity index (χ3n) is 5.34. The van der Waals surface area contributed by atoms with Gasteiger partial charge in [0.15, 0.2) is 11.6 Å². The Morgan fingerprint density at radius 2 is 1.64 bits per heavy atom. The summed E-state index contributed by atoms with van der Waals surface area (Å²) in [5.74, 6) is -5.97. The number of halogens is 4. The molecule has 0 spiro atoms. The SMILES string of the molecule is Cc1cc(/C(O)=C2\C(=O)C(=O)N(c3ccc(F)c(F)c3)C2c2ccc(O)c(Cl)c2)ccc1F. The molecule has 3 aromatic carbocycles. The summed E-state index contributed by atoms with van der Waals surface area (Å²) < 4.78 is 41.2. The van der Waals surface area contributed by atoms with Crippen molar-refractivity contribution in [3.8, 4) is 5.75 Å². The predicted octanol–water partition coefficient (Wildman–Crippen LogP) is 5.40. The van der Waals surface area contributed by atoms with E-state index in [4.69, 9.17) is 11.6 Å². The van der Waals surface area contributed by atoms with Crippen molar-refractivity contribution in [1.82, 2.24) is 0 Å². The van der Waals surface area contributed by atoms with Crippen molar-refractivity contribution < 1.29 is 33.0 Å². The summed E-state index contributed by atoms with van der Waals surface area (Å²) in [7, 11) is 0. The van der Waals surface area contributed by atoms with Gasteiger partial charge < -0.3 is 10.2 Å². The van der Waals surface area contributed by atoms with E-state index < -0.39 is 40.9 Å². The summed E-state index contributed by atoms with van der Waals surface area (Å²) in [6.45, 7) is 1.46. The van der Waals surface area contributed by atoms with E-state index in [1.54, 1.807) is 0 Å². The number of carbonyl (C=O) groups is 2. The number of carbonyl (C=O) groups excluding carboxylic acids is 2.